The van der Waals surface area contributed by atoms with Gasteiger partial charge in [-0.1, -0.05) is 6.07 Å². The minimum absolute atomic E-state index is 0.0853. The van der Waals surface area contributed by atoms with E-state index in [1.165, 1.54) is 0 Å². The zero-order valence-corrected chi connectivity index (χ0v) is 8.55. The van der Waals surface area contributed by atoms with E-state index in [9.17, 15) is 4.79 Å². The van der Waals surface area contributed by atoms with Gasteiger partial charge in [0.25, 0.3) is 0 Å². The Hall–Kier alpha value is -2.17. The molecule has 0 bridgehead atoms. The molecule has 2 rings (SSSR count). The Balaban J connectivity index is 2.23. The van der Waals surface area contributed by atoms with E-state index in [1.807, 2.05) is 18.2 Å². The predicted octanol–water partition coefficient (Wildman–Crippen LogP) is 1.49. The standard InChI is InChI=1S/C11H11N3O2/c15-11(16)5-4-10-8(7-13-14-10)9-3-1-2-6-12-9/h1-3,6-7H,4-5H2,(H,13,14)(H,15,16). The first-order chi connectivity index (χ1) is 7.77. The van der Waals surface area contributed by atoms with Gasteiger partial charge < -0.3 is 5.11 Å². The Morgan fingerprint density at radius 3 is 3.00 bits per heavy atom. The molecular formula is C11H11N3O2. The molecule has 2 aromatic heterocycles. The van der Waals surface area contributed by atoms with Gasteiger partial charge in [-0.3, -0.25) is 14.9 Å². The maximum absolute atomic E-state index is 10.5. The highest BCUT2D eigenvalue weighted by Gasteiger charge is 2.09. The number of hydrogen-bond acceptors (Lipinski definition) is 3. The van der Waals surface area contributed by atoms with Crippen LogP contribution in [0.5, 0.6) is 0 Å². The predicted molar refractivity (Wildman–Crippen MR) is 57.8 cm³/mol. The second kappa shape index (κ2) is 4.57. The number of aliphatic carboxylic acids is 1. The monoisotopic (exact) mass is 217 g/mol. The van der Waals surface area contributed by atoms with Crippen molar-refractivity contribution in [3.8, 4) is 11.3 Å². The fraction of sp³-hybridized carbons (Fsp3) is 0.182. The summed E-state index contributed by atoms with van der Waals surface area (Å²) in [6.45, 7) is 0. The van der Waals surface area contributed by atoms with Gasteiger partial charge in [0, 0.05) is 23.9 Å². The van der Waals surface area contributed by atoms with Gasteiger partial charge in [-0.25, -0.2) is 0 Å². The molecule has 0 saturated heterocycles. The summed E-state index contributed by atoms with van der Waals surface area (Å²) in [7, 11) is 0. The molecule has 2 heterocycles. The van der Waals surface area contributed by atoms with Crippen LogP contribution in [0.15, 0.2) is 30.6 Å². The lowest BCUT2D eigenvalue weighted by Gasteiger charge is -2.00. The van der Waals surface area contributed by atoms with Crippen LogP contribution in [0.4, 0.5) is 0 Å². The molecule has 5 heteroatoms. The maximum atomic E-state index is 10.5. The number of carboxylic acids is 1. The first kappa shape index (κ1) is 10.4. The lowest BCUT2D eigenvalue weighted by atomic mass is 10.1. The number of H-pyrrole nitrogens is 1. The lowest BCUT2D eigenvalue weighted by molar-refractivity contribution is -0.136. The van der Waals surface area contributed by atoms with E-state index in [0.29, 0.717) is 6.42 Å². The number of hydrogen-bond donors (Lipinski definition) is 2. The number of rotatable bonds is 4. The molecule has 0 aliphatic rings. The molecule has 0 spiro atoms. The first-order valence-corrected chi connectivity index (χ1v) is 4.93. The molecule has 0 aliphatic heterocycles. The molecule has 0 saturated carbocycles. The molecular weight excluding hydrogens is 206 g/mol. The average Bonchev–Trinajstić information content (AvgIpc) is 2.75. The Morgan fingerprint density at radius 1 is 1.44 bits per heavy atom. The molecule has 0 atom stereocenters. The van der Waals surface area contributed by atoms with Crippen molar-refractivity contribution in [3.05, 3.63) is 36.3 Å². The smallest absolute Gasteiger partial charge is 0.303 e. The van der Waals surface area contributed by atoms with Crippen LogP contribution in [0, 0.1) is 0 Å². The van der Waals surface area contributed by atoms with Crippen molar-refractivity contribution in [2.24, 2.45) is 0 Å². The maximum Gasteiger partial charge on any atom is 0.303 e. The van der Waals surface area contributed by atoms with Crippen LogP contribution in [-0.2, 0) is 11.2 Å². The Kier molecular flexibility index (Phi) is 2.95. The second-order valence-corrected chi connectivity index (χ2v) is 3.37. The van der Waals surface area contributed by atoms with E-state index >= 15 is 0 Å². The molecule has 0 unspecified atom stereocenters. The van der Waals surface area contributed by atoms with E-state index in [1.54, 1.807) is 12.4 Å². The number of pyridine rings is 1. The summed E-state index contributed by atoms with van der Waals surface area (Å²) < 4.78 is 0. The molecule has 0 amide bonds. The van der Waals surface area contributed by atoms with E-state index in [4.69, 9.17) is 5.11 Å². The molecule has 5 nitrogen and oxygen atoms in total. The van der Waals surface area contributed by atoms with Gasteiger partial charge in [0.15, 0.2) is 0 Å². The number of aryl methyl sites for hydroxylation is 1. The Morgan fingerprint density at radius 2 is 2.31 bits per heavy atom. The van der Waals surface area contributed by atoms with Crippen LogP contribution in [0.25, 0.3) is 11.3 Å². The number of carboxylic acid groups (broad SMARTS) is 1. The van der Waals surface area contributed by atoms with Gasteiger partial charge in [0.05, 0.1) is 18.3 Å². The van der Waals surface area contributed by atoms with E-state index in [2.05, 4.69) is 15.2 Å². The molecule has 0 aliphatic carbocycles. The number of carbonyl (C=O) groups is 1. The van der Waals surface area contributed by atoms with Crippen molar-refractivity contribution in [3.63, 3.8) is 0 Å². The molecule has 0 fully saturated rings. The van der Waals surface area contributed by atoms with Crippen molar-refractivity contribution in [2.45, 2.75) is 12.8 Å². The van der Waals surface area contributed by atoms with E-state index in [-0.39, 0.29) is 6.42 Å². The zero-order valence-electron chi connectivity index (χ0n) is 8.55. The fourth-order valence-corrected chi connectivity index (χ4v) is 1.48. The summed E-state index contributed by atoms with van der Waals surface area (Å²) >= 11 is 0. The third-order valence-corrected chi connectivity index (χ3v) is 2.25. The van der Waals surface area contributed by atoms with Crippen LogP contribution in [0.3, 0.4) is 0 Å². The van der Waals surface area contributed by atoms with Crippen LogP contribution in [0.2, 0.25) is 0 Å². The summed E-state index contributed by atoms with van der Waals surface area (Å²) in [4.78, 5) is 14.7. The minimum Gasteiger partial charge on any atom is -0.481 e. The average molecular weight is 217 g/mol. The molecule has 2 aromatic rings. The summed E-state index contributed by atoms with van der Waals surface area (Å²) in [6.07, 6.45) is 3.88. The molecule has 16 heavy (non-hydrogen) atoms. The van der Waals surface area contributed by atoms with Crippen LogP contribution in [0.1, 0.15) is 12.1 Å². The molecule has 82 valence electrons. The quantitative estimate of drug-likeness (QED) is 0.813. The summed E-state index contributed by atoms with van der Waals surface area (Å²) in [5, 5.41) is 15.3. The topological polar surface area (TPSA) is 78.9 Å². The van der Waals surface area contributed by atoms with Gasteiger partial charge in [0.2, 0.25) is 0 Å². The Labute approximate surface area is 92.2 Å². The van der Waals surface area contributed by atoms with Crippen LogP contribution in [-0.4, -0.2) is 26.3 Å². The van der Waals surface area contributed by atoms with Crippen LogP contribution >= 0.6 is 0 Å². The van der Waals surface area contributed by atoms with E-state index in [0.717, 1.165) is 17.0 Å². The molecule has 0 radical (unpaired) electrons. The van der Waals surface area contributed by atoms with Crippen molar-refractivity contribution in [1.82, 2.24) is 15.2 Å². The van der Waals surface area contributed by atoms with Gasteiger partial charge in [-0.2, -0.15) is 5.10 Å². The minimum atomic E-state index is -0.818. The number of nitrogens with one attached hydrogen (secondary N) is 1. The van der Waals surface area contributed by atoms with E-state index < -0.39 is 5.97 Å². The van der Waals surface area contributed by atoms with Crippen molar-refractivity contribution in [1.29, 1.82) is 0 Å². The van der Waals surface area contributed by atoms with Crippen molar-refractivity contribution in [2.75, 3.05) is 0 Å². The van der Waals surface area contributed by atoms with Gasteiger partial charge in [-0.05, 0) is 12.1 Å². The highest BCUT2D eigenvalue weighted by Crippen LogP contribution is 2.20. The SMILES string of the molecule is O=C(O)CCc1[nH]ncc1-c1ccccn1. The zero-order chi connectivity index (χ0) is 11.4. The van der Waals surface area contributed by atoms with Gasteiger partial charge in [-0.15, -0.1) is 0 Å². The Bertz CT molecular complexity index is 479. The van der Waals surface area contributed by atoms with Crippen molar-refractivity contribution >= 4 is 5.97 Å². The van der Waals surface area contributed by atoms with Gasteiger partial charge in [0.1, 0.15) is 0 Å². The summed E-state index contributed by atoms with van der Waals surface area (Å²) in [6, 6.07) is 5.59. The lowest BCUT2D eigenvalue weighted by Crippen LogP contribution is -1.99. The summed E-state index contributed by atoms with van der Waals surface area (Å²) in [5.41, 5.74) is 2.47. The highest BCUT2D eigenvalue weighted by molar-refractivity contribution is 5.68. The van der Waals surface area contributed by atoms with Crippen molar-refractivity contribution < 1.29 is 9.90 Å². The number of nitrogens with zero attached hydrogens (tertiary/aromatic N) is 2. The normalized spacial score (nSPS) is 10.2. The van der Waals surface area contributed by atoms with Crippen LogP contribution < -0.4 is 0 Å². The third kappa shape index (κ3) is 2.25. The highest BCUT2D eigenvalue weighted by atomic mass is 16.4. The van der Waals surface area contributed by atoms with Gasteiger partial charge >= 0.3 is 5.97 Å². The number of aromatic amines is 1. The largest absolute Gasteiger partial charge is 0.481 e. The molecule has 2 N–H and O–H groups in total. The first-order valence-electron chi connectivity index (χ1n) is 4.93. The second-order valence-electron chi connectivity index (χ2n) is 3.37. The summed E-state index contributed by atoms with van der Waals surface area (Å²) in [5.74, 6) is -0.818. The fourth-order valence-electron chi connectivity index (χ4n) is 1.48. The molecule has 0 aromatic carbocycles. The third-order valence-electron chi connectivity index (χ3n) is 2.25. The number of aromatic nitrogens is 3.